The van der Waals surface area contributed by atoms with Gasteiger partial charge in [-0.15, -0.1) is 0 Å². The van der Waals surface area contributed by atoms with Crippen LogP contribution in [-0.4, -0.2) is 12.6 Å². The first kappa shape index (κ1) is 24.4. The predicted molar refractivity (Wildman–Crippen MR) is 169 cm³/mol. The van der Waals surface area contributed by atoms with Crippen molar-refractivity contribution in [3.05, 3.63) is 108 Å². The third-order valence-corrected chi connectivity index (χ3v) is 10.2. The van der Waals surface area contributed by atoms with Crippen molar-refractivity contribution in [3.63, 3.8) is 0 Å². The molecular weight excluding hydrogens is 506 g/mol. The van der Waals surface area contributed by atoms with E-state index in [-0.39, 0.29) is 0 Å². The van der Waals surface area contributed by atoms with Gasteiger partial charge in [0, 0.05) is 33.3 Å². The van der Waals surface area contributed by atoms with Crippen LogP contribution in [0.2, 0.25) is 19.6 Å². The first-order valence-electron chi connectivity index (χ1n) is 13.6. The van der Waals surface area contributed by atoms with Crippen molar-refractivity contribution < 1.29 is 8.98 Å². The summed E-state index contributed by atoms with van der Waals surface area (Å²) in [5, 5.41) is 6.00. The average molecular weight is 537 g/mol. The lowest BCUT2D eigenvalue weighted by atomic mass is 9.99. The van der Waals surface area contributed by atoms with Crippen LogP contribution in [-0.2, 0) is 7.05 Å². The minimum atomic E-state index is -1.39. The molecule has 0 saturated heterocycles. The van der Waals surface area contributed by atoms with Gasteiger partial charge in [-0.2, -0.15) is 4.57 Å². The lowest BCUT2D eigenvalue weighted by Gasteiger charge is -2.17. The molecule has 0 aliphatic rings. The quantitative estimate of drug-likeness (QED) is 0.126. The molecule has 4 aromatic carbocycles. The second kappa shape index (κ2) is 8.67. The minimum Gasteiger partial charge on any atom is -0.456 e. The summed E-state index contributed by atoms with van der Waals surface area (Å²) >= 11 is 0. The fraction of sp³-hybridized carbons (Fsp3) is 0.143. The zero-order chi connectivity index (χ0) is 27.8. The molecule has 0 aliphatic heterocycles. The minimum absolute atomic E-state index is 0.586. The SMILES string of the molecule is [C-]#[N+]c1ccc2c(c1)oc1c(-c3cc4c5ccccc5n(-c5ccc([Si](C)(C)C)cc5)c4c[n+]3C)c(C)ccc12. The number of benzene rings is 4. The average Bonchev–Trinajstić information content (AvgIpc) is 3.47. The Bertz CT molecular complexity index is 2170. The Hall–Kier alpha value is -4.66. The number of hydrogen-bond acceptors (Lipinski definition) is 1. The highest BCUT2D eigenvalue weighted by Crippen LogP contribution is 2.40. The molecule has 0 amide bonds. The van der Waals surface area contributed by atoms with Gasteiger partial charge in [-0.1, -0.05) is 79.4 Å². The largest absolute Gasteiger partial charge is 0.456 e. The lowest BCUT2D eigenvalue weighted by Crippen LogP contribution is -2.37. The van der Waals surface area contributed by atoms with Gasteiger partial charge in [-0.05, 0) is 36.8 Å². The van der Waals surface area contributed by atoms with E-state index >= 15 is 0 Å². The Morgan fingerprint density at radius 1 is 0.800 bits per heavy atom. The molecule has 0 bridgehead atoms. The number of rotatable bonds is 3. The molecule has 0 saturated carbocycles. The summed E-state index contributed by atoms with van der Waals surface area (Å²) in [5.41, 5.74) is 9.06. The fourth-order valence-corrected chi connectivity index (χ4v) is 7.17. The molecule has 4 nitrogen and oxygen atoms in total. The van der Waals surface area contributed by atoms with Crippen molar-refractivity contribution in [1.82, 2.24) is 4.57 Å². The number of aromatic nitrogens is 2. The first-order chi connectivity index (χ1) is 19.2. The fourth-order valence-electron chi connectivity index (χ4n) is 6.01. The van der Waals surface area contributed by atoms with Crippen LogP contribution in [0.15, 0.2) is 95.5 Å². The van der Waals surface area contributed by atoms with E-state index in [4.69, 9.17) is 11.0 Å². The van der Waals surface area contributed by atoms with Crippen LogP contribution in [0.4, 0.5) is 5.69 Å². The smallest absolute Gasteiger partial charge is 0.217 e. The van der Waals surface area contributed by atoms with Crippen molar-refractivity contribution in [2.24, 2.45) is 7.05 Å². The van der Waals surface area contributed by atoms with Crippen molar-refractivity contribution >= 4 is 62.7 Å². The third kappa shape index (κ3) is 3.60. The van der Waals surface area contributed by atoms with E-state index in [1.165, 1.54) is 32.7 Å². The summed E-state index contributed by atoms with van der Waals surface area (Å²) in [5.74, 6) is 0. The lowest BCUT2D eigenvalue weighted by molar-refractivity contribution is -0.659. The number of furan rings is 1. The Kier molecular flexibility index (Phi) is 5.29. The van der Waals surface area contributed by atoms with Crippen LogP contribution in [0.5, 0.6) is 0 Å². The Balaban J connectivity index is 1.51. The summed E-state index contributed by atoms with van der Waals surface area (Å²) in [7, 11) is 0.729. The van der Waals surface area contributed by atoms with Crippen LogP contribution in [0.25, 0.3) is 65.5 Å². The van der Waals surface area contributed by atoms with Gasteiger partial charge in [0.15, 0.2) is 11.9 Å². The zero-order valence-corrected chi connectivity index (χ0v) is 24.4. The van der Waals surface area contributed by atoms with Crippen molar-refractivity contribution in [2.75, 3.05) is 0 Å². The third-order valence-electron chi connectivity index (χ3n) is 8.14. The van der Waals surface area contributed by atoms with E-state index in [1.54, 1.807) is 0 Å². The van der Waals surface area contributed by atoms with Gasteiger partial charge in [0.25, 0.3) is 0 Å². The molecule has 0 atom stereocenters. The normalized spacial score (nSPS) is 12.1. The Labute approximate surface area is 234 Å². The predicted octanol–water partition coefficient (Wildman–Crippen LogP) is 8.58. The maximum atomic E-state index is 7.42. The molecule has 7 aromatic rings. The summed E-state index contributed by atoms with van der Waals surface area (Å²) < 4.78 is 11.1. The highest BCUT2D eigenvalue weighted by molar-refractivity contribution is 6.88. The number of fused-ring (bicyclic) bond motifs is 6. The highest BCUT2D eigenvalue weighted by Gasteiger charge is 2.24. The van der Waals surface area contributed by atoms with Gasteiger partial charge in [-0.3, -0.25) is 0 Å². The van der Waals surface area contributed by atoms with E-state index in [0.717, 1.165) is 38.8 Å². The van der Waals surface area contributed by atoms with Crippen molar-refractivity contribution in [1.29, 1.82) is 0 Å². The van der Waals surface area contributed by atoms with Gasteiger partial charge in [0.05, 0.1) is 25.7 Å². The summed E-state index contributed by atoms with van der Waals surface area (Å²) in [6.07, 6.45) is 2.25. The molecule has 194 valence electrons. The van der Waals surface area contributed by atoms with E-state index in [9.17, 15) is 0 Å². The topological polar surface area (TPSA) is 26.3 Å². The summed E-state index contributed by atoms with van der Waals surface area (Å²) in [4.78, 5) is 3.60. The van der Waals surface area contributed by atoms with E-state index in [0.29, 0.717) is 5.69 Å². The number of hydrogen-bond donors (Lipinski definition) is 0. The maximum Gasteiger partial charge on any atom is 0.217 e. The molecule has 0 unspecified atom stereocenters. The maximum absolute atomic E-state index is 7.42. The molecule has 3 heterocycles. The van der Waals surface area contributed by atoms with Gasteiger partial charge < -0.3 is 8.98 Å². The molecule has 0 radical (unpaired) electrons. The molecule has 0 aliphatic carbocycles. The monoisotopic (exact) mass is 536 g/mol. The molecular formula is C35H30N3OSi+. The van der Waals surface area contributed by atoms with Crippen molar-refractivity contribution in [3.8, 4) is 16.9 Å². The number of aryl methyl sites for hydroxylation is 2. The van der Waals surface area contributed by atoms with Gasteiger partial charge in [0.1, 0.15) is 23.7 Å². The van der Waals surface area contributed by atoms with Gasteiger partial charge >= 0.3 is 0 Å². The number of pyridine rings is 1. The molecule has 3 aromatic heterocycles. The molecule has 7 rings (SSSR count). The van der Waals surface area contributed by atoms with E-state index < -0.39 is 8.07 Å². The molecule has 0 N–H and O–H groups in total. The number of para-hydroxylation sites is 1. The van der Waals surface area contributed by atoms with Gasteiger partial charge in [-0.25, -0.2) is 4.85 Å². The van der Waals surface area contributed by atoms with E-state index in [2.05, 4.69) is 121 Å². The van der Waals surface area contributed by atoms with E-state index in [1.807, 2.05) is 18.2 Å². The van der Waals surface area contributed by atoms with Crippen LogP contribution >= 0.6 is 0 Å². The molecule has 5 heteroatoms. The second-order valence-electron chi connectivity index (χ2n) is 11.7. The standard InChI is InChI=1S/C35H30N3OSi/c1-22-11-17-28-27-18-12-23(36-2)19-33(27)39-35(28)34(22)31-20-29-26-9-7-8-10-30(26)38(32(29)21-37(31)3)24-13-15-25(16-14-24)40(4,5)6/h7-21H,1,3-6H3/q+1. The zero-order valence-electron chi connectivity index (χ0n) is 23.4. The van der Waals surface area contributed by atoms with Crippen LogP contribution in [0.1, 0.15) is 5.56 Å². The number of nitrogens with zero attached hydrogens (tertiary/aromatic N) is 3. The van der Waals surface area contributed by atoms with Crippen molar-refractivity contribution in [2.45, 2.75) is 26.6 Å². The Morgan fingerprint density at radius 2 is 1.55 bits per heavy atom. The highest BCUT2D eigenvalue weighted by atomic mass is 28.3. The summed E-state index contributed by atoms with van der Waals surface area (Å²) in [6, 6.07) is 30.1. The van der Waals surface area contributed by atoms with Crippen LogP contribution in [0.3, 0.4) is 0 Å². The summed E-state index contributed by atoms with van der Waals surface area (Å²) in [6.45, 7) is 16.7. The van der Waals surface area contributed by atoms with Crippen LogP contribution < -0.4 is 9.75 Å². The molecule has 40 heavy (non-hydrogen) atoms. The molecule has 0 spiro atoms. The van der Waals surface area contributed by atoms with Crippen LogP contribution in [0, 0.1) is 13.5 Å². The second-order valence-corrected chi connectivity index (χ2v) is 16.8. The first-order valence-corrected chi connectivity index (χ1v) is 17.1. The van der Waals surface area contributed by atoms with Gasteiger partial charge in [0.2, 0.25) is 5.69 Å². The molecule has 0 fully saturated rings. The Morgan fingerprint density at radius 3 is 2.30 bits per heavy atom.